The summed E-state index contributed by atoms with van der Waals surface area (Å²) in [7, 11) is 0. The number of para-hydroxylation sites is 1. The first-order valence-corrected chi connectivity index (χ1v) is 4.61. The molecule has 2 nitrogen and oxygen atoms in total. The van der Waals surface area contributed by atoms with Crippen LogP contribution in [0.25, 0.3) is 0 Å². The SMILES string of the molecule is O=C1c2ccccc2OCC1Br. The number of carbonyl (C=O) groups excluding carboxylic acids is 1. The van der Waals surface area contributed by atoms with Gasteiger partial charge in [-0.15, -0.1) is 0 Å². The van der Waals surface area contributed by atoms with Crippen molar-refractivity contribution >= 4 is 21.7 Å². The first-order chi connectivity index (χ1) is 5.79. The van der Waals surface area contributed by atoms with Gasteiger partial charge in [-0.1, -0.05) is 28.1 Å². The van der Waals surface area contributed by atoms with Crippen LogP contribution in [0, 0.1) is 0 Å². The highest BCUT2D eigenvalue weighted by Gasteiger charge is 2.25. The average Bonchev–Trinajstić information content (AvgIpc) is 2.12. The molecule has 62 valence electrons. The molecular weight excluding hydrogens is 220 g/mol. The van der Waals surface area contributed by atoms with Gasteiger partial charge in [0.15, 0.2) is 5.78 Å². The first kappa shape index (κ1) is 7.80. The fraction of sp³-hybridized carbons (Fsp3) is 0.222. The summed E-state index contributed by atoms with van der Waals surface area (Å²) >= 11 is 3.25. The van der Waals surface area contributed by atoms with Gasteiger partial charge in [-0.25, -0.2) is 0 Å². The Labute approximate surface area is 78.7 Å². The van der Waals surface area contributed by atoms with Crippen molar-refractivity contribution in [1.82, 2.24) is 0 Å². The van der Waals surface area contributed by atoms with Gasteiger partial charge >= 0.3 is 0 Å². The average molecular weight is 227 g/mol. The van der Waals surface area contributed by atoms with E-state index in [-0.39, 0.29) is 10.6 Å². The van der Waals surface area contributed by atoms with Crippen LogP contribution in [0.15, 0.2) is 24.3 Å². The third-order valence-electron chi connectivity index (χ3n) is 1.82. The quantitative estimate of drug-likeness (QED) is 0.634. The molecule has 2 rings (SSSR count). The van der Waals surface area contributed by atoms with E-state index in [1.807, 2.05) is 18.2 Å². The van der Waals surface area contributed by atoms with Crippen molar-refractivity contribution in [1.29, 1.82) is 0 Å². The number of hydrogen-bond donors (Lipinski definition) is 0. The lowest BCUT2D eigenvalue weighted by molar-refractivity contribution is 0.0946. The van der Waals surface area contributed by atoms with Crippen LogP contribution in [0.5, 0.6) is 5.75 Å². The van der Waals surface area contributed by atoms with Crippen LogP contribution in [-0.4, -0.2) is 17.2 Å². The number of carbonyl (C=O) groups is 1. The molecule has 0 aromatic heterocycles. The van der Waals surface area contributed by atoms with Crippen molar-refractivity contribution in [2.75, 3.05) is 6.61 Å². The molecular formula is C9H7BrO2. The van der Waals surface area contributed by atoms with Crippen LogP contribution in [0.2, 0.25) is 0 Å². The number of fused-ring (bicyclic) bond motifs is 1. The predicted octanol–water partition coefficient (Wildman–Crippen LogP) is 2.03. The lowest BCUT2D eigenvalue weighted by atomic mass is 10.1. The van der Waals surface area contributed by atoms with E-state index in [1.165, 1.54) is 0 Å². The summed E-state index contributed by atoms with van der Waals surface area (Å²) in [5, 5.41) is 0. The molecule has 0 aliphatic carbocycles. The van der Waals surface area contributed by atoms with Gasteiger partial charge in [0, 0.05) is 0 Å². The summed E-state index contributed by atoms with van der Waals surface area (Å²) in [4.78, 5) is 11.3. The maximum Gasteiger partial charge on any atom is 0.183 e. The van der Waals surface area contributed by atoms with Gasteiger partial charge < -0.3 is 4.74 Å². The van der Waals surface area contributed by atoms with Crippen LogP contribution in [-0.2, 0) is 0 Å². The van der Waals surface area contributed by atoms with Gasteiger partial charge in [0.2, 0.25) is 0 Å². The molecule has 0 amide bonds. The fourth-order valence-corrected chi connectivity index (χ4v) is 1.58. The zero-order valence-corrected chi connectivity index (χ0v) is 7.87. The minimum absolute atomic E-state index is 0.108. The fourth-order valence-electron chi connectivity index (χ4n) is 1.20. The van der Waals surface area contributed by atoms with Crippen molar-refractivity contribution in [3.63, 3.8) is 0 Å². The van der Waals surface area contributed by atoms with Crippen LogP contribution in [0.1, 0.15) is 10.4 Å². The van der Waals surface area contributed by atoms with Gasteiger partial charge in [0.05, 0.1) is 5.56 Å². The highest BCUT2D eigenvalue weighted by atomic mass is 79.9. The third-order valence-corrected chi connectivity index (χ3v) is 2.50. The Bertz CT molecular complexity index is 322. The molecule has 1 aliphatic rings. The molecule has 1 aliphatic heterocycles. The minimum atomic E-state index is -0.188. The van der Waals surface area contributed by atoms with E-state index in [0.29, 0.717) is 17.9 Å². The summed E-state index contributed by atoms with van der Waals surface area (Å²) < 4.78 is 5.34. The molecule has 0 N–H and O–H groups in total. The number of ether oxygens (including phenoxy) is 1. The van der Waals surface area contributed by atoms with Crippen LogP contribution in [0.3, 0.4) is 0 Å². The van der Waals surface area contributed by atoms with Crippen molar-refractivity contribution in [3.8, 4) is 5.75 Å². The Kier molecular flexibility index (Phi) is 1.89. The lowest BCUT2D eigenvalue weighted by Crippen LogP contribution is -2.27. The van der Waals surface area contributed by atoms with Gasteiger partial charge in [-0.3, -0.25) is 4.79 Å². The van der Waals surface area contributed by atoms with Crippen LogP contribution < -0.4 is 4.74 Å². The van der Waals surface area contributed by atoms with Gasteiger partial charge in [0.25, 0.3) is 0 Å². The molecule has 1 unspecified atom stereocenters. The number of Topliss-reactive ketones (excluding diaryl/α,β-unsaturated/α-hetero) is 1. The van der Waals surface area contributed by atoms with Crippen molar-refractivity contribution in [2.45, 2.75) is 4.83 Å². The molecule has 0 bridgehead atoms. The summed E-state index contributed by atoms with van der Waals surface area (Å²) in [6.45, 7) is 0.426. The van der Waals surface area contributed by atoms with Crippen molar-refractivity contribution < 1.29 is 9.53 Å². The summed E-state index contributed by atoms with van der Waals surface area (Å²) in [5.74, 6) is 0.801. The maximum absolute atomic E-state index is 11.5. The largest absolute Gasteiger partial charge is 0.491 e. The zero-order chi connectivity index (χ0) is 8.55. The minimum Gasteiger partial charge on any atom is -0.491 e. The highest BCUT2D eigenvalue weighted by molar-refractivity contribution is 9.10. The topological polar surface area (TPSA) is 26.3 Å². The van der Waals surface area contributed by atoms with Gasteiger partial charge in [-0.2, -0.15) is 0 Å². The van der Waals surface area contributed by atoms with Crippen molar-refractivity contribution in [3.05, 3.63) is 29.8 Å². The lowest BCUT2D eigenvalue weighted by Gasteiger charge is -2.19. The summed E-state index contributed by atoms with van der Waals surface area (Å²) in [6.07, 6.45) is 0. The van der Waals surface area contributed by atoms with Gasteiger partial charge in [-0.05, 0) is 12.1 Å². The molecule has 0 spiro atoms. The van der Waals surface area contributed by atoms with Crippen molar-refractivity contribution in [2.24, 2.45) is 0 Å². The number of rotatable bonds is 0. The Balaban J connectivity index is 2.49. The smallest absolute Gasteiger partial charge is 0.183 e. The van der Waals surface area contributed by atoms with Gasteiger partial charge in [0.1, 0.15) is 17.2 Å². The second-order valence-electron chi connectivity index (χ2n) is 2.64. The molecule has 3 heteroatoms. The Hall–Kier alpha value is -0.830. The second-order valence-corrected chi connectivity index (χ2v) is 3.74. The van der Waals surface area contributed by atoms with E-state index in [0.717, 1.165) is 0 Å². The number of ketones is 1. The molecule has 0 saturated carbocycles. The maximum atomic E-state index is 11.5. The van der Waals surface area contributed by atoms with E-state index in [2.05, 4.69) is 15.9 Å². The molecule has 1 aromatic carbocycles. The third kappa shape index (κ3) is 1.14. The Morgan fingerprint density at radius 3 is 3.00 bits per heavy atom. The molecule has 1 aromatic rings. The molecule has 12 heavy (non-hydrogen) atoms. The normalized spacial score (nSPS) is 21.4. The van der Waals surface area contributed by atoms with E-state index in [9.17, 15) is 4.79 Å². The molecule has 0 saturated heterocycles. The molecule has 0 fully saturated rings. The van der Waals surface area contributed by atoms with E-state index < -0.39 is 0 Å². The monoisotopic (exact) mass is 226 g/mol. The first-order valence-electron chi connectivity index (χ1n) is 3.69. The van der Waals surface area contributed by atoms with Crippen LogP contribution >= 0.6 is 15.9 Å². The van der Waals surface area contributed by atoms with E-state index >= 15 is 0 Å². The molecule has 1 heterocycles. The zero-order valence-electron chi connectivity index (χ0n) is 6.29. The molecule has 0 radical (unpaired) electrons. The van der Waals surface area contributed by atoms with Crippen LogP contribution in [0.4, 0.5) is 0 Å². The van der Waals surface area contributed by atoms with E-state index in [4.69, 9.17) is 4.74 Å². The number of benzene rings is 1. The Morgan fingerprint density at radius 1 is 1.42 bits per heavy atom. The molecule has 1 atom stereocenters. The number of hydrogen-bond acceptors (Lipinski definition) is 2. The second kappa shape index (κ2) is 2.90. The summed E-state index contributed by atoms with van der Waals surface area (Å²) in [5.41, 5.74) is 0.672. The number of halogens is 1. The van der Waals surface area contributed by atoms with E-state index in [1.54, 1.807) is 6.07 Å². The number of alkyl halides is 1. The summed E-state index contributed by atoms with van der Waals surface area (Å²) in [6, 6.07) is 7.29. The standard InChI is InChI=1S/C9H7BrO2/c10-7-5-12-8-4-2-1-3-6(8)9(7)11/h1-4,7H,5H2. The highest BCUT2D eigenvalue weighted by Crippen LogP contribution is 2.26. The Morgan fingerprint density at radius 2 is 2.17 bits per heavy atom. The predicted molar refractivity (Wildman–Crippen MR) is 49.0 cm³/mol.